The van der Waals surface area contributed by atoms with Crippen LogP contribution in [0.1, 0.15) is 95.9 Å². The van der Waals surface area contributed by atoms with E-state index in [0.29, 0.717) is 22.3 Å². The fraction of sp³-hybridized carbons (Fsp3) is 0.476. The van der Waals surface area contributed by atoms with Crippen molar-refractivity contribution in [2.24, 2.45) is 11.8 Å². The number of carbonyl (C=O) groups is 9. The molecule has 3 saturated heterocycles. The lowest BCUT2D eigenvalue weighted by Crippen LogP contribution is -2.68. The highest BCUT2D eigenvalue weighted by Crippen LogP contribution is 2.31. The van der Waals surface area contributed by atoms with Gasteiger partial charge in [0.1, 0.15) is 56.7 Å². The number of likely N-dealkylation sites (N-methyl/N-ethyl adjacent to an activating group) is 1. The largest absolute Gasteiger partial charge is 0.458 e. The number of halogens is 3. The van der Waals surface area contributed by atoms with Gasteiger partial charge in [0.05, 0.1) is 12.7 Å². The van der Waals surface area contributed by atoms with Gasteiger partial charge in [-0.05, 0) is 80.0 Å². The number of rotatable bonds is 16. The van der Waals surface area contributed by atoms with Gasteiger partial charge in [-0.2, -0.15) is 0 Å². The van der Waals surface area contributed by atoms with E-state index in [2.05, 4.69) is 10.6 Å². The Labute approximate surface area is 532 Å². The van der Waals surface area contributed by atoms with Crippen molar-refractivity contribution in [3.8, 4) is 0 Å². The van der Waals surface area contributed by atoms with Crippen LogP contribution in [0.2, 0.25) is 0 Å². The van der Waals surface area contributed by atoms with Gasteiger partial charge in [-0.15, -0.1) is 0 Å². The minimum atomic E-state index is -2.16. The fourth-order valence-electron chi connectivity index (χ4n) is 10.5. The van der Waals surface area contributed by atoms with Crippen LogP contribution in [0, 0.1) is 11.8 Å². The molecule has 3 aliphatic rings. The van der Waals surface area contributed by atoms with E-state index in [1.807, 2.05) is 0 Å². The van der Waals surface area contributed by atoms with Gasteiger partial charge >= 0.3 is 24.2 Å². The summed E-state index contributed by atoms with van der Waals surface area (Å²) in [6.45, 7) is 7.38. The molecule has 8 amide bonds. The smallest absolute Gasteiger partial charge is 0.429 e. The lowest BCUT2D eigenvalue weighted by atomic mass is 9.96. The van der Waals surface area contributed by atoms with Crippen molar-refractivity contribution in [1.82, 2.24) is 40.6 Å². The summed E-state index contributed by atoms with van der Waals surface area (Å²) in [5.74, 6) is -7.51. The van der Waals surface area contributed by atoms with Gasteiger partial charge in [-0.1, -0.05) is 184 Å². The molecule has 0 aromatic heterocycles. The molecule has 7 rings (SSSR count). The molecule has 2 N–H and O–H groups in total. The second-order valence-electron chi connectivity index (χ2n) is 22.6. The average Bonchev–Trinajstić information content (AvgIpc) is 2.33. The zero-order valence-electron chi connectivity index (χ0n) is 50.7. The molecular formula is C63H77Cl3N8O15. The average molecular weight is 1290 g/mol. The SMILES string of the molecule is CC(C)C[C@@H]1C(=O)N2[C@@H](CCCN2C(=O)OCc2ccccc2)C(=O)N[C@H]([C@H](C)OCc2ccccc2)C(=O)O[C@@H](C(C)C)[C@H](NC(=O)OCC(Cl)(Cl)Cl)C(=O)N2[C@H](CCCN2C(=O)OCc2ccccc2)C(=O)N(OCc2ccccc2)[C@@H](C)C(=O)N1C. The lowest BCUT2D eigenvalue weighted by molar-refractivity contribution is -0.219. The van der Waals surface area contributed by atoms with Crippen molar-refractivity contribution in [2.75, 3.05) is 26.7 Å². The van der Waals surface area contributed by atoms with Crippen LogP contribution >= 0.6 is 34.8 Å². The number of cyclic esters (lactones) is 1. The standard InChI is InChI=1S/C63H77Cl3N8O15/c1-40(2)34-50-56(77)72-48(30-20-32-70(72)61(82)85-36-45-24-14-9-15-25-45)54(75)67-51(43(6)84-35-44-22-12-8-13-23-44)59(80)89-53(41(3)4)52(68-60(81)87-39-63(64,65)66)58(79)73-49(31-21-33-71(73)62(83)86-37-46-26-16-10-17-27-46)57(78)74(42(5)55(76)69(50)7)88-38-47-28-18-11-19-29-47/h8-19,22-29,40-43,48-53H,20-21,30-39H2,1-7H3,(H,67,75)(H,68,81)/t42-,43-,48-,49+,50+,51+,52-,53-/m0/s1. The minimum absolute atomic E-state index is 0.0514. The van der Waals surface area contributed by atoms with Gasteiger partial charge in [-0.25, -0.2) is 44.3 Å². The van der Waals surface area contributed by atoms with Gasteiger partial charge in [0, 0.05) is 20.1 Å². The summed E-state index contributed by atoms with van der Waals surface area (Å²) >= 11 is 18.0. The summed E-state index contributed by atoms with van der Waals surface area (Å²) in [4.78, 5) is 145. The maximum absolute atomic E-state index is 16.1. The molecule has 0 unspecified atom stereocenters. The van der Waals surface area contributed by atoms with Crippen molar-refractivity contribution < 1.29 is 71.7 Å². The third-order valence-electron chi connectivity index (χ3n) is 15.1. The zero-order chi connectivity index (χ0) is 64.5. The number of hydroxylamine groups is 2. The van der Waals surface area contributed by atoms with Crippen LogP contribution in [-0.4, -0.2) is 163 Å². The number of benzene rings is 4. The number of carbonyl (C=O) groups excluding carboxylic acids is 9. The van der Waals surface area contributed by atoms with Crippen molar-refractivity contribution in [1.29, 1.82) is 0 Å². The van der Waals surface area contributed by atoms with Gasteiger partial charge in [0.15, 0.2) is 12.1 Å². The monoisotopic (exact) mass is 1290 g/mol. The maximum atomic E-state index is 16.1. The van der Waals surface area contributed by atoms with Crippen LogP contribution in [0.5, 0.6) is 0 Å². The second-order valence-corrected chi connectivity index (χ2v) is 25.2. The van der Waals surface area contributed by atoms with E-state index in [0.717, 1.165) is 30.0 Å². The number of ether oxygens (including phenoxy) is 5. The van der Waals surface area contributed by atoms with Gasteiger partial charge in [0.25, 0.3) is 17.7 Å². The Balaban J connectivity index is 1.43. The fourth-order valence-corrected chi connectivity index (χ4v) is 10.6. The van der Waals surface area contributed by atoms with Crippen LogP contribution in [0.4, 0.5) is 14.4 Å². The molecule has 4 aromatic carbocycles. The van der Waals surface area contributed by atoms with Crippen LogP contribution in [-0.2, 0) is 83.7 Å². The van der Waals surface area contributed by atoms with Crippen LogP contribution in [0.15, 0.2) is 121 Å². The summed E-state index contributed by atoms with van der Waals surface area (Å²) in [6, 6.07) is 24.6. The second kappa shape index (κ2) is 32.2. The number of fused-ring (bicyclic) bond motifs is 2. The summed E-state index contributed by atoms with van der Waals surface area (Å²) in [5, 5.41) is 9.58. The van der Waals surface area contributed by atoms with Gasteiger partial charge < -0.3 is 39.2 Å². The zero-order valence-corrected chi connectivity index (χ0v) is 53.0. The highest BCUT2D eigenvalue weighted by Gasteiger charge is 2.52. The van der Waals surface area contributed by atoms with E-state index in [1.54, 1.807) is 149 Å². The number of hydrazine groups is 2. The summed E-state index contributed by atoms with van der Waals surface area (Å²) in [7, 11) is 1.34. The van der Waals surface area contributed by atoms with Crippen molar-refractivity contribution in [3.63, 3.8) is 0 Å². The Bertz CT molecular complexity index is 3060. The molecular weight excluding hydrogens is 1220 g/mol. The predicted octanol–water partition coefficient (Wildman–Crippen LogP) is 8.43. The Morgan fingerprint density at radius 2 is 1.10 bits per heavy atom. The molecule has 89 heavy (non-hydrogen) atoms. The van der Waals surface area contributed by atoms with E-state index in [-0.39, 0.29) is 77.5 Å². The van der Waals surface area contributed by atoms with E-state index in [1.165, 1.54) is 20.9 Å². The van der Waals surface area contributed by atoms with Crippen LogP contribution in [0.25, 0.3) is 0 Å². The molecule has 480 valence electrons. The maximum Gasteiger partial charge on any atom is 0.429 e. The Morgan fingerprint density at radius 3 is 1.58 bits per heavy atom. The molecule has 3 aliphatic heterocycles. The molecule has 0 aliphatic carbocycles. The summed E-state index contributed by atoms with van der Waals surface area (Å²) < 4.78 is 27.4. The molecule has 0 bridgehead atoms. The number of nitrogens with zero attached hydrogens (tertiary/aromatic N) is 6. The van der Waals surface area contributed by atoms with Gasteiger partial charge in [0.2, 0.25) is 15.6 Å². The number of esters is 1. The first-order valence-corrected chi connectivity index (χ1v) is 30.6. The number of amides is 8. The van der Waals surface area contributed by atoms with Crippen LogP contribution < -0.4 is 10.6 Å². The molecule has 23 nitrogen and oxygen atoms in total. The topological polar surface area (TPSA) is 253 Å². The Kier molecular flexibility index (Phi) is 24.9. The Morgan fingerprint density at radius 1 is 0.629 bits per heavy atom. The highest BCUT2D eigenvalue weighted by atomic mass is 35.6. The highest BCUT2D eigenvalue weighted by molar-refractivity contribution is 6.67. The summed E-state index contributed by atoms with van der Waals surface area (Å²) in [6.07, 6.45) is -6.69. The summed E-state index contributed by atoms with van der Waals surface area (Å²) in [5.41, 5.74) is 2.41. The molecule has 0 saturated carbocycles. The van der Waals surface area contributed by atoms with Crippen molar-refractivity contribution in [2.45, 2.75) is 152 Å². The molecule has 26 heteroatoms. The lowest BCUT2D eigenvalue weighted by Gasteiger charge is -2.46. The first kappa shape index (κ1) is 68.8. The van der Waals surface area contributed by atoms with E-state index in [9.17, 15) is 14.4 Å². The number of alkyl carbamates (subject to hydrolysis) is 1. The van der Waals surface area contributed by atoms with E-state index >= 15 is 28.8 Å². The number of hydrogen-bond acceptors (Lipinski definition) is 15. The van der Waals surface area contributed by atoms with Crippen molar-refractivity contribution in [3.05, 3.63) is 144 Å². The molecule has 0 spiro atoms. The first-order chi connectivity index (χ1) is 42.4. The molecule has 8 atom stereocenters. The minimum Gasteiger partial charge on any atom is -0.458 e. The molecule has 3 fully saturated rings. The predicted molar refractivity (Wildman–Crippen MR) is 326 cm³/mol. The molecule has 0 radical (unpaired) electrons. The number of alkyl halides is 3. The van der Waals surface area contributed by atoms with E-state index < -0.39 is 119 Å². The van der Waals surface area contributed by atoms with E-state index in [4.69, 9.17) is 63.3 Å². The van der Waals surface area contributed by atoms with Crippen LogP contribution in [0.3, 0.4) is 0 Å². The first-order valence-electron chi connectivity index (χ1n) is 29.5. The number of hydrogen-bond donors (Lipinski definition) is 2. The molecule has 4 aromatic rings. The number of nitrogens with one attached hydrogen (secondary N) is 2. The quantitative estimate of drug-likeness (QED) is 0.0606. The normalized spacial score (nSPS) is 22.3. The third-order valence-corrected chi connectivity index (χ3v) is 15.5. The van der Waals surface area contributed by atoms with Crippen molar-refractivity contribution >= 4 is 88.6 Å². The Hall–Kier alpha value is -7.70. The van der Waals surface area contributed by atoms with Gasteiger partial charge in [-0.3, -0.25) is 28.8 Å². The third kappa shape index (κ3) is 18.7. The molecule has 3 heterocycles.